The molecule has 0 bridgehead atoms. The average Bonchev–Trinajstić information content (AvgIpc) is 2.03. The molecule has 0 aromatic rings. The molecule has 12 heavy (non-hydrogen) atoms. The summed E-state index contributed by atoms with van der Waals surface area (Å²) in [5.74, 6) is 0.590. The highest BCUT2D eigenvalue weighted by atomic mass is 32.2. The van der Waals surface area contributed by atoms with Crippen LogP contribution < -0.4 is 5.73 Å². The number of nitrogens with two attached hydrogens (primary N) is 1. The highest BCUT2D eigenvalue weighted by Crippen LogP contribution is 2.23. The van der Waals surface area contributed by atoms with Crippen LogP contribution in [0.4, 0.5) is 0 Å². The van der Waals surface area contributed by atoms with Crippen LogP contribution in [0, 0.1) is 5.92 Å². The number of hydrogen-bond donors (Lipinski definition) is 1. The molecule has 0 spiro atoms. The van der Waals surface area contributed by atoms with Crippen LogP contribution in [0.2, 0.25) is 0 Å². The van der Waals surface area contributed by atoms with Gasteiger partial charge in [0.15, 0.2) is 0 Å². The summed E-state index contributed by atoms with van der Waals surface area (Å²) in [6, 6.07) is 0.324. The normalized spacial score (nSPS) is 34.9. The molecule has 1 saturated heterocycles. The van der Waals surface area contributed by atoms with Crippen LogP contribution in [0.1, 0.15) is 19.8 Å². The van der Waals surface area contributed by atoms with Gasteiger partial charge in [-0.25, -0.2) is 8.51 Å². The Bertz CT molecular complexity index is 174. The van der Waals surface area contributed by atoms with Gasteiger partial charge in [0, 0.05) is 25.4 Å². The summed E-state index contributed by atoms with van der Waals surface area (Å²) in [6.45, 7) is 3.76. The third-order valence-electron chi connectivity index (χ3n) is 2.64. The summed E-state index contributed by atoms with van der Waals surface area (Å²) in [4.78, 5) is 0. The zero-order chi connectivity index (χ0) is 9.14. The maximum absolute atomic E-state index is 11.3. The lowest BCUT2D eigenvalue weighted by Gasteiger charge is -2.37. The Labute approximate surface area is 76.9 Å². The Morgan fingerprint density at radius 2 is 2.33 bits per heavy atom. The van der Waals surface area contributed by atoms with Gasteiger partial charge in [-0.2, -0.15) is 0 Å². The Kier molecular flexibility index (Phi) is 3.68. The summed E-state index contributed by atoms with van der Waals surface area (Å²) in [5.41, 5.74) is 5.65. The second-order valence-electron chi connectivity index (χ2n) is 3.49. The maximum atomic E-state index is 11.3. The molecule has 0 aliphatic carbocycles. The summed E-state index contributed by atoms with van der Waals surface area (Å²) in [5, 5.41) is 0. The van der Waals surface area contributed by atoms with E-state index in [1.165, 1.54) is 6.42 Å². The van der Waals surface area contributed by atoms with Crippen molar-refractivity contribution in [3.8, 4) is 0 Å². The average molecular weight is 190 g/mol. The predicted molar refractivity (Wildman–Crippen MR) is 52.0 cm³/mol. The topological polar surface area (TPSA) is 46.3 Å². The van der Waals surface area contributed by atoms with Gasteiger partial charge in [-0.05, 0) is 18.8 Å². The van der Waals surface area contributed by atoms with Gasteiger partial charge in [0.2, 0.25) is 0 Å². The third kappa shape index (κ3) is 2.06. The van der Waals surface area contributed by atoms with E-state index in [2.05, 4.69) is 6.92 Å². The predicted octanol–water partition coefficient (Wildman–Crippen LogP) is 0.339. The molecule has 72 valence electrons. The maximum Gasteiger partial charge on any atom is 0.0913 e. The smallest absolute Gasteiger partial charge is 0.0913 e. The SMILES string of the molecule is CC1CCCN(S(C)=O)C1CN. The minimum Gasteiger partial charge on any atom is -0.329 e. The van der Waals surface area contributed by atoms with Gasteiger partial charge in [0.1, 0.15) is 0 Å². The Morgan fingerprint density at radius 3 is 2.75 bits per heavy atom. The monoisotopic (exact) mass is 190 g/mol. The molecule has 4 heteroatoms. The first-order valence-corrected chi connectivity index (χ1v) is 5.98. The van der Waals surface area contributed by atoms with Crippen LogP contribution in [0.3, 0.4) is 0 Å². The first-order valence-electron chi connectivity index (χ1n) is 4.47. The van der Waals surface area contributed by atoms with Crippen LogP contribution >= 0.6 is 0 Å². The number of hydrogen-bond acceptors (Lipinski definition) is 2. The molecule has 0 radical (unpaired) electrons. The van der Waals surface area contributed by atoms with Crippen molar-refractivity contribution in [2.24, 2.45) is 11.7 Å². The minimum atomic E-state index is -0.849. The van der Waals surface area contributed by atoms with Gasteiger partial charge in [0.25, 0.3) is 0 Å². The van der Waals surface area contributed by atoms with Gasteiger partial charge in [-0.15, -0.1) is 0 Å². The zero-order valence-electron chi connectivity index (χ0n) is 7.82. The first-order chi connectivity index (χ1) is 5.66. The molecule has 0 aromatic heterocycles. The van der Waals surface area contributed by atoms with Crippen molar-refractivity contribution in [1.82, 2.24) is 4.31 Å². The molecule has 0 aromatic carbocycles. The van der Waals surface area contributed by atoms with E-state index in [-0.39, 0.29) is 0 Å². The second-order valence-corrected chi connectivity index (χ2v) is 4.80. The van der Waals surface area contributed by atoms with Crippen molar-refractivity contribution < 1.29 is 4.21 Å². The van der Waals surface area contributed by atoms with E-state index in [0.29, 0.717) is 18.5 Å². The largest absolute Gasteiger partial charge is 0.329 e. The molecule has 1 aliphatic heterocycles. The minimum absolute atomic E-state index is 0.324. The molecule has 3 atom stereocenters. The van der Waals surface area contributed by atoms with Gasteiger partial charge in [0.05, 0.1) is 11.0 Å². The van der Waals surface area contributed by atoms with Gasteiger partial charge >= 0.3 is 0 Å². The van der Waals surface area contributed by atoms with Crippen molar-refractivity contribution in [3.63, 3.8) is 0 Å². The number of rotatable bonds is 2. The van der Waals surface area contributed by atoms with Crippen LogP contribution in [0.5, 0.6) is 0 Å². The van der Waals surface area contributed by atoms with Gasteiger partial charge in [-0.1, -0.05) is 6.92 Å². The van der Waals surface area contributed by atoms with Crippen molar-refractivity contribution in [2.45, 2.75) is 25.8 Å². The van der Waals surface area contributed by atoms with Crippen LogP contribution in [-0.2, 0) is 11.0 Å². The van der Waals surface area contributed by atoms with Crippen molar-refractivity contribution >= 4 is 11.0 Å². The van der Waals surface area contributed by atoms with E-state index in [0.717, 1.165) is 13.0 Å². The lowest BCUT2D eigenvalue weighted by molar-refractivity contribution is 0.201. The Balaban J connectivity index is 2.64. The van der Waals surface area contributed by atoms with Gasteiger partial charge in [-0.3, -0.25) is 0 Å². The molecule has 1 heterocycles. The molecular weight excluding hydrogens is 172 g/mol. The highest BCUT2D eigenvalue weighted by molar-refractivity contribution is 7.81. The van der Waals surface area contributed by atoms with Gasteiger partial charge < -0.3 is 5.73 Å². The summed E-state index contributed by atoms with van der Waals surface area (Å²) in [6.07, 6.45) is 4.10. The quantitative estimate of drug-likeness (QED) is 0.682. The van der Waals surface area contributed by atoms with E-state index >= 15 is 0 Å². The molecule has 0 amide bonds. The number of nitrogens with zero attached hydrogens (tertiary/aromatic N) is 1. The van der Waals surface area contributed by atoms with E-state index in [1.54, 1.807) is 6.26 Å². The molecule has 3 nitrogen and oxygen atoms in total. The molecular formula is C8H18N2OS. The summed E-state index contributed by atoms with van der Waals surface area (Å²) in [7, 11) is -0.849. The van der Waals surface area contributed by atoms with E-state index in [4.69, 9.17) is 5.73 Å². The fourth-order valence-corrected chi connectivity index (χ4v) is 2.94. The summed E-state index contributed by atoms with van der Waals surface area (Å²) >= 11 is 0. The van der Waals surface area contributed by atoms with E-state index in [9.17, 15) is 4.21 Å². The molecule has 1 fully saturated rings. The highest BCUT2D eigenvalue weighted by Gasteiger charge is 2.29. The van der Waals surface area contributed by atoms with Crippen molar-refractivity contribution in [1.29, 1.82) is 0 Å². The van der Waals surface area contributed by atoms with Crippen LogP contribution in [-0.4, -0.2) is 33.9 Å². The lowest BCUT2D eigenvalue weighted by atomic mass is 9.93. The molecule has 2 N–H and O–H groups in total. The molecule has 3 unspecified atom stereocenters. The van der Waals surface area contributed by atoms with Crippen LogP contribution in [0.15, 0.2) is 0 Å². The Morgan fingerprint density at radius 1 is 1.67 bits per heavy atom. The number of piperidine rings is 1. The fraction of sp³-hybridized carbons (Fsp3) is 1.00. The van der Waals surface area contributed by atoms with Crippen LogP contribution in [0.25, 0.3) is 0 Å². The molecule has 0 saturated carbocycles. The van der Waals surface area contributed by atoms with Crippen molar-refractivity contribution in [3.05, 3.63) is 0 Å². The second kappa shape index (κ2) is 4.35. The zero-order valence-corrected chi connectivity index (χ0v) is 8.64. The first kappa shape index (κ1) is 10.2. The third-order valence-corrected chi connectivity index (χ3v) is 3.75. The lowest BCUT2D eigenvalue weighted by Crippen LogP contribution is -2.48. The molecule has 1 aliphatic rings. The standard InChI is InChI=1S/C8H18N2OS/c1-7-4-3-5-10(12(2)11)8(7)6-9/h7-8H,3-6,9H2,1-2H3. The summed E-state index contributed by atoms with van der Waals surface area (Å²) < 4.78 is 13.3. The molecule has 1 rings (SSSR count). The Hall–Kier alpha value is 0.0700. The fourth-order valence-electron chi connectivity index (χ4n) is 1.88. The van der Waals surface area contributed by atoms with E-state index in [1.807, 2.05) is 4.31 Å². The van der Waals surface area contributed by atoms with E-state index < -0.39 is 11.0 Å². The van der Waals surface area contributed by atoms with Crippen molar-refractivity contribution in [2.75, 3.05) is 19.3 Å².